The van der Waals surface area contributed by atoms with Crippen LogP contribution < -0.4 is 14.8 Å². The number of aryl methyl sites for hydroxylation is 2. The highest BCUT2D eigenvalue weighted by molar-refractivity contribution is 7.92. The number of methoxy groups -OCH3 is 1. The van der Waals surface area contributed by atoms with Gasteiger partial charge in [-0.3, -0.25) is 9.52 Å². The minimum absolute atomic E-state index is 0.0371. The summed E-state index contributed by atoms with van der Waals surface area (Å²) in [5, 5.41) is 3.21. The first-order valence-electron chi connectivity index (χ1n) is 9.14. The van der Waals surface area contributed by atoms with Crippen molar-refractivity contribution in [2.45, 2.75) is 18.7 Å². The normalized spacial score (nSPS) is 11.1. The first-order valence-corrected chi connectivity index (χ1v) is 11.4. The van der Waals surface area contributed by atoms with Crippen molar-refractivity contribution < 1.29 is 17.9 Å². The lowest BCUT2D eigenvalue weighted by molar-refractivity contribution is 0.102. The molecule has 6 nitrogen and oxygen atoms in total. The van der Waals surface area contributed by atoms with Crippen LogP contribution in [0.25, 0.3) is 0 Å². The molecule has 3 aromatic carbocycles. The molecule has 0 bridgehead atoms. The summed E-state index contributed by atoms with van der Waals surface area (Å²) in [6.07, 6.45) is 0. The molecular formula is C22H20Cl2N2O4S. The summed E-state index contributed by atoms with van der Waals surface area (Å²) in [6, 6.07) is 14.1. The Bertz CT molecular complexity index is 1240. The Morgan fingerprint density at radius 3 is 2.23 bits per heavy atom. The molecule has 0 aliphatic carbocycles. The van der Waals surface area contributed by atoms with Gasteiger partial charge >= 0.3 is 0 Å². The Kier molecular flexibility index (Phi) is 6.79. The zero-order valence-electron chi connectivity index (χ0n) is 17.0. The lowest BCUT2D eigenvalue weighted by Gasteiger charge is -2.14. The van der Waals surface area contributed by atoms with E-state index in [1.54, 1.807) is 12.1 Å². The largest absolute Gasteiger partial charge is 0.495 e. The summed E-state index contributed by atoms with van der Waals surface area (Å²) in [7, 11) is -2.49. The topological polar surface area (TPSA) is 84.5 Å². The van der Waals surface area contributed by atoms with Crippen LogP contribution in [-0.2, 0) is 10.0 Å². The molecule has 0 aromatic heterocycles. The molecule has 0 unspecified atom stereocenters. The van der Waals surface area contributed by atoms with Gasteiger partial charge in [-0.25, -0.2) is 8.42 Å². The number of hydrogen-bond acceptors (Lipinski definition) is 4. The number of hydrogen-bond donors (Lipinski definition) is 2. The zero-order valence-corrected chi connectivity index (χ0v) is 19.3. The van der Waals surface area contributed by atoms with Gasteiger partial charge in [0.15, 0.2) is 0 Å². The second-order valence-corrected chi connectivity index (χ2v) is 9.45. The van der Waals surface area contributed by atoms with Gasteiger partial charge in [-0.1, -0.05) is 29.3 Å². The molecule has 31 heavy (non-hydrogen) atoms. The molecule has 0 radical (unpaired) electrons. The van der Waals surface area contributed by atoms with E-state index in [2.05, 4.69) is 10.0 Å². The number of benzene rings is 3. The number of nitrogens with one attached hydrogen (secondary N) is 2. The molecule has 3 aromatic rings. The number of anilines is 2. The van der Waals surface area contributed by atoms with E-state index in [0.717, 1.165) is 11.1 Å². The van der Waals surface area contributed by atoms with E-state index < -0.39 is 15.9 Å². The van der Waals surface area contributed by atoms with Crippen LogP contribution in [0.15, 0.2) is 59.5 Å². The van der Waals surface area contributed by atoms with Crippen molar-refractivity contribution in [1.29, 1.82) is 0 Å². The Morgan fingerprint density at radius 1 is 0.935 bits per heavy atom. The van der Waals surface area contributed by atoms with Crippen molar-refractivity contribution in [2.75, 3.05) is 17.1 Å². The van der Waals surface area contributed by atoms with Crippen LogP contribution in [0.4, 0.5) is 11.4 Å². The number of carbonyl (C=O) groups is 1. The van der Waals surface area contributed by atoms with Gasteiger partial charge in [0, 0.05) is 10.7 Å². The Balaban J connectivity index is 1.93. The van der Waals surface area contributed by atoms with Crippen LogP contribution in [0.3, 0.4) is 0 Å². The first-order chi connectivity index (χ1) is 14.6. The van der Waals surface area contributed by atoms with Crippen molar-refractivity contribution in [1.82, 2.24) is 0 Å². The van der Waals surface area contributed by atoms with Crippen LogP contribution in [0.2, 0.25) is 10.0 Å². The molecule has 9 heteroatoms. The highest BCUT2D eigenvalue weighted by atomic mass is 35.5. The summed E-state index contributed by atoms with van der Waals surface area (Å²) in [5.41, 5.74) is 2.68. The van der Waals surface area contributed by atoms with Gasteiger partial charge in [0.1, 0.15) is 5.75 Å². The molecule has 0 fully saturated rings. The fraction of sp³-hybridized carbons (Fsp3) is 0.136. The summed E-state index contributed by atoms with van der Waals surface area (Å²) in [4.78, 5) is 12.6. The molecule has 162 valence electrons. The van der Waals surface area contributed by atoms with Crippen LogP contribution in [0.1, 0.15) is 21.5 Å². The molecule has 2 N–H and O–H groups in total. The highest BCUT2D eigenvalue weighted by Crippen LogP contribution is 2.30. The van der Waals surface area contributed by atoms with Crippen LogP contribution in [0.5, 0.6) is 5.75 Å². The summed E-state index contributed by atoms with van der Waals surface area (Å²) in [6.45, 7) is 3.77. The molecule has 0 spiro atoms. The molecule has 3 rings (SSSR count). The van der Waals surface area contributed by atoms with Gasteiger partial charge in [-0.2, -0.15) is 0 Å². The number of amides is 1. The molecule has 1 amide bonds. The second kappa shape index (κ2) is 9.18. The van der Waals surface area contributed by atoms with Gasteiger partial charge in [-0.05, 0) is 73.5 Å². The van der Waals surface area contributed by atoms with E-state index in [0.29, 0.717) is 16.5 Å². The van der Waals surface area contributed by atoms with Crippen molar-refractivity contribution in [2.24, 2.45) is 0 Å². The molecule has 0 saturated carbocycles. The number of sulfonamides is 1. The lowest BCUT2D eigenvalue weighted by Crippen LogP contribution is -2.16. The fourth-order valence-corrected chi connectivity index (χ4v) is 4.62. The fourth-order valence-electron chi connectivity index (χ4n) is 3.06. The van der Waals surface area contributed by atoms with Crippen LogP contribution in [0, 0.1) is 13.8 Å². The summed E-state index contributed by atoms with van der Waals surface area (Å²) >= 11 is 12.0. The van der Waals surface area contributed by atoms with E-state index in [9.17, 15) is 13.2 Å². The van der Waals surface area contributed by atoms with Gasteiger partial charge in [-0.15, -0.1) is 0 Å². The molecule has 0 atom stereocenters. The molecular weight excluding hydrogens is 459 g/mol. The summed E-state index contributed by atoms with van der Waals surface area (Å²) in [5.74, 6) is -0.236. The second-order valence-electron chi connectivity index (χ2n) is 6.92. The quantitative estimate of drug-likeness (QED) is 0.477. The SMILES string of the molecule is COc1ccc(S(=O)(=O)Nc2cc(C)cc(C)c2)cc1NC(=O)c1ccc(Cl)cc1Cl. The van der Waals surface area contributed by atoms with Gasteiger partial charge < -0.3 is 10.1 Å². The Labute approximate surface area is 191 Å². The minimum Gasteiger partial charge on any atom is -0.495 e. The zero-order chi connectivity index (χ0) is 22.8. The lowest BCUT2D eigenvalue weighted by atomic mass is 10.1. The van der Waals surface area contributed by atoms with Gasteiger partial charge in [0.05, 0.1) is 28.3 Å². The average molecular weight is 479 g/mol. The minimum atomic E-state index is -3.91. The third-order valence-corrected chi connectivity index (χ3v) is 6.31. The number of halogens is 2. The molecule has 0 aliphatic rings. The highest BCUT2D eigenvalue weighted by Gasteiger charge is 2.19. The standard InChI is InChI=1S/C22H20Cl2N2O4S/c1-13-8-14(2)10-16(9-13)26-31(28,29)17-5-7-21(30-3)20(12-17)25-22(27)18-6-4-15(23)11-19(18)24/h4-12,26H,1-3H3,(H,25,27). The number of ether oxygens (including phenoxy) is 1. The van der Waals surface area contributed by atoms with Crippen molar-refractivity contribution in [3.8, 4) is 5.75 Å². The van der Waals surface area contributed by atoms with E-state index in [-0.39, 0.29) is 21.2 Å². The predicted octanol–water partition coefficient (Wildman–Crippen LogP) is 5.67. The molecule has 0 aliphatic heterocycles. The van der Waals surface area contributed by atoms with Gasteiger partial charge in [0.2, 0.25) is 0 Å². The van der Waals surface area contributed by atoms with Crippen molar-refractivity contribution in [3.63, 3.8) is 0 Å². The first kappa shape index (κ1) is 22.9. The van der Waals surface area contributed by atoms with E-state index in [1.165, 1.54) is 43.5 Å². The number of carbonyl (C=O) groups excluding carboxylic acids is 1. The van der Waals surface area contributed by atoms with Crippen molar-refractivity contribution in [3.05, 3.63) is 81.3 Å². The maximum Gasteiger partial charge on any atom is 0.261 e. The maximum atomic E-state index is 12.9. The Hall–Kier alpha value is -2.74. The van der Waals surface area contributed by atoms with E-state index in [1.807, 2.05) is 19.9 Å². The van der Waals surface area contributed by atoms with Crippen molar-refractivity contribution >= 4 is 50.5 Å². The predicted molar refractivity (Wildman–Crippen MR) is 124 cm³/mol. The molecule has 0 heterocycles. The smallest absolute Gasteiger partial charge is 0.261 e. The Morgan fingerprint density at radius 2 is 1.61 bits per heavy atom. The van der Waals surface area contributed by atoms with E-state index in [4.69, 9.17) is 27.9 Å². The third kappa shape index (κ3) is 5.50. The van der Waals surface area contributed by atoms with Gasteiger partial charge in [0.25, 0.3) is 15.9 Å². The monoisotopic (exact) mass is 478 g/mol. The van der Waals surface area contributed by atoms with Crippen LogP contribution in [-0.4, -0.2) is 21.4 Å². The average Bonchev–Trinajstić information content (AvgIpc) is 2.66. The summed E-state index contributed by atoms with van der Waals surface area (Å²) < 4.78 is 33.7. The molecule has 0 saturated heterocycles. The van der Waals surface area contributed by atoms with Crippen LogP contribution >= 0.6 is 23.2 Å². The maximum absolute atomic E-state index is 12.9. The van der Waals surface area contributed by atoms with E-state index >= 15 is 0 Å². The number of rotatable bonds is 6. The third-order valence-electron chi connectivity index (χ3n) is 4.38.